The summed E-state index contributed by atoms with van der Waals surface area (Å²) in [5.41, 5.74) is 9.01. The van der Waals surface area contributed by atoms with Crippen molar-refractivity contribution >= 4 is 22.3 Å². The van der Waals surface area contributed by atoms with Gasteiger partial charge in [0, 0.05) is 36.3 Å². The summed E-state index contributed by atoms with van der Waals surface area (Å²) in [5.74, 6) is 1.21. The van der Waals surface area contributed by atoms with Crippen molar-refractivity contribution in [3.8, 4) is 17.3 Å². The molecule has 3 aromatic heterocycles. The summed E-state index contributed by atoms with van der Waals surface area (Å²) in [6, 6.07) is 12.2. The van der Waals surface area contributed by atoms with Gasteiger partial charge in [-0.1, -0.05) is 6.07 Å². The third kappa shape index (κ3) is 3.20. The zero-order valence-corrected chi connectivity index (χ0v) is 16.2. The number of benzene rings is 1. The van der Waals surface area contributed by atoms with E-state index in [1.807, 2.05) is 18.2 Å². The maximum Gasteiger partial charge on any atom is 0.231 e. The molecular weight excluding hydrogens is 370 g/mol. The molecule has 4 aromatic rings. The third-order valence-electron chi connectivity index (χ3n) is 5.17. The molecule has 1 aliphatic heterocycles. The van der Waals surface area contributed by atoms with Crippen LogP contribution in [0.3, 0.4) is 0 Å². The molecule has 1 fully saturated rings. The molecule has 8 nitrogen and oxygen atoms in total. The Kier molecular flexibility index (Phi) is 4.57. The number of hydrogen-bond donors (Lipinski definition) is 1. The van der Waals surface area contributed by atoms with Gasteiger partial charge in [0.2, 0.25) is 5.88 Å². The molecule has 1 atom stereocenters. The monoisotopic (exact) mass is 393 g/mol. The van der Waals surface area contributed by atoms with E-state index in [1.54, 1.807) is 16.8 Å². The topological polar surface area (TPSA) is 91.0 Å². The van der Waals surface area contributed by atoms with E-state index in [1.165, 1.54) is 0 Å². The Bertz CT molecular complexity index is 1150. The fraction of sp³-hybridized carbons (Fsp3) is 0.333. The first kappa shape index (κ1) is 18.0. The summed E-state index contributed by atoms with van der Waals surface area (Å²) in [5, 5.41) is 5.60. The van der Waals surface area contributed by atoms with Crippen molar-refractivity contribution < 1.29 is 13.9 Å². The van der Waals surface area contributed by atoms with Crippen LogP contribution in [0.2, 0.25) is 0 Å². The quantitative estimate of drug-likeness (QED) is 0.557. The van der Waals surface area contributed by atoms with Crippen LogP contribution in [0.1, 0.15) is 6.92 Å². The molecule has 0 bridgehead atoms. The van der Waals surface area contributed by atoms with Crippen molar-refractivity contribution in [2.24, 2.45) is 5.73 Å². The van der Waals surface area contributed by atoms with Gasteiger partial charge in [-0.2, -0.15) is 0 Å². The number of hydrogen-bond acceptors (Lipinski definition) is 7. The molecule has 0 radical (unpaired) electrons. The van der Waals surface area contributed by atoms with Crippen molar-refractivity contribution in [1.29, 1.82) is 0 Å². The first-order valence-electron chi connectivity index (χ1n) is 9.79. The lowest BCUT2D eigenvalue weighted by molar-refractivity contribution is 0.0991. The third-order valence-corrected chi connectivity index (χ3v) is 5.17. The molecule has 0 spiro atoms. The van der Waals surface area contributed by atoms with E-state index in [-0.39, 0.29) is 0 Å². The second kappa shape index (κ2) is 7.38. The highest BCUT2D eigenvalue weighted by molar-refractivity contribution is 5.94. The lowest BCUT2D eigenvalue weighted by Gasteiger charge is -2.35. The molecular formula is C21H23N5O3. The van der Waals surface area contributed by atoms with Crippen LogP contribution >= 0.6 is 0 Å². The number of nitrogens with two attached hydrogens (primary N) is 1. The van der Waals surface area contributed by atoms with E-state index in [0.717, 1.165) is 47.8 Å². The van der Waals surface area contributed by atoms with Gasteiger partial charge in [0.25, 0.3) is 0 Å². The molecule has 0 aliphatic carbocycles. The van der Waals surface area contributed by atoms with Crippen LogP contribution in [-0.4, -0.2) is 53.6 Å². The van der Waals surface area contributed by atoms with Crippen LogP contribution in [0, 0.1) is 0 Å². The zero-order valence-electron chi connectivity index (χ0n) is 16.2. The molecule has 1 unspecified atom stereocenters. The molecule has 5 rings (SSSR count). The summed E-state index contributed by atoms with van der Waals surface area (Å²) in [6.07, 6.45) is 1.77. The Morgan fingerprint density at radius 2 is 2.21 bits per heavy atom. The van der Waals surface area contributed by atoms with Gasteiger partial charge in [-0.05, 0) is 31.2 Å². The average molecular weight is 393 g/mol. The molecule has 0 amide bonds. The predicted octanol–water partition coefficient (Wildman–Crippen LogP) is 2.71. The van der Waals surface area contributed by atoms with E-state index in [9.17, 15) is 0 Å². The normalized spacial score (nSPS) is 17.3. The molecule has 1 aliphatic rings. The van der Waals surface area contributed by atoms with Crippen LogP contribution in [0.5, 0.6) is 5.88 Å². The smallest absolute Gasteiger partial charge is 0.231 e. The fourth-order valence-corrected chi connectivity index (χ4v) is 3.77. The minimum absolute atomic E-state index is 0.312. The van der Waals surface area contributed by atoms with Crippen molar-refractivity contribution in [1.82, 2.24) is 14.6 Å². The number of morpholine rings is 1. The van der Waals surface area contributed by atoms with Crippen LogP contribution in [0.4, 0.5) is 5.69 Å². The van der Waals surface area contributed by atoms with Crippen LogP contribution in [0.25, 0.3) is 28.1 Å². The first-order chi connectivity index (χ1) is 14.2. The predicted molar refractivity (Wildman–Crippen MR) is 110 cm³/mol. The SMILES string of the molecule is CC1COCCN1c1cccc2oc(-c3cnc4ccc(OCCN)nn34)cc12. The largest absolute Gasteiger partial charge is 0.475 e. The van der Waals surface area contributed by atoms with E-state index in [2.05, 4.69) is 34.0 Å². The van der Waals surface area contributed by atoms with Gasteiger partial charge in [0.1, 0.15) is 17.9 Å². The van der Waals surface area contributed by atoms with Crippen molar-refractivity contribution in [2.75, 3.05) is 37.8 Å². The maximum atomic E-state index is 6.19. The molecule has 1 aromatic carbocycles. The minimum Gasteiger partial charge on any atom is -0.475 e. The van der Waals surface area contributed by atoms with Gasteiger partial charge in [-0.25, -0.2) is 9.50 Å². The van der Waals surface area contributed by atoms with Crippen LogP contribution in [-0.2, 0) is 4.74 Å². The highest BCUT2D eigenvalue weighted by Gasteiger charge is 2.22. The molecule has 8 heteroatoms. The minimum atomic E-state index is 0.312. The number of imidazole rings is 1. The number of aromatic nitrogens is 3. The van der Waals surface area contributed by atoms with Gasteiger partial charge < -0.3 is 24.5 Å². The summed E-state index contributed by atoms with van der Waals surface area (Å²) in [7, 11) is 0. The lowest BCUT2D eigenvalue weighted by atomic mass is 10.1. The summed E-state index contributed by atoms with van der Waals surface area (Å²) >= 11 is 0. The standard InChI is InChI=1S/C21H23N5O3/c1-14-13-27-10-8-25(14)16-3-2-4-18-15(16)11-19(29-18)17-12-23-20-5-6-21(24-26(17)20)28-9-7-22/h2-6,11-12,14H,7-10,13,22H2,1H3. The fourth-order valence-electron chi connectivity index (χ4n) is 3.77. The number of furan rings is 1. The van der Waals surface area contributed by atoms with Crippen molar-refractivity contribution in [2.45, 2.75) is 13.0 Å². The van der Waals surface area contributed by atoms with E-state index in [0.29, 0.717) is 30.8 Å². The molecule has 4 heterocycles. The second-order valence-corrected chi connectivity index (χ2v) is 7.14. The number of nitrogens with zero attached hydrogens (tertiary/aromatic N) is 4. The van der Waals surface area contributed by atoms with E-state index >= 15 is 0 Å². The second-order valence-electron chi connectivity index (χ2n) is 7.14. The zero-order chi connectivity index (χ0) is 19.8. The van der Waals surface area contributed by atoms with Gasteiger partial charge in [-0.3, -0.25) is 0 Å². The Labute approximate surface area is 167 Å². The van der Waals surface area contributed by atoms with E-state index < -0.39 is 0 Å². The summed E-state index contributed by atoms with van der Waals surface area (Å²) < 4.78 is 19.1. The van der Waals surface area contributed by atoms with Crippen LogP contribution < -0.4 is 15.4 Å². The Hall–Kier alpha value is -3.10. The summed E-state index contributed by atoms with van der Waals surface area (Å²) in [4.78, 5) is 6.82. The Balaban J connectivity index is 1.58. The number of ether oxygens (including phenoxy) is 2. The first-order valence-corrected chi connectivity index (χ1v) is 9.79. The molecule has 1 saturated heterocycles. The highest BCUT2D eigenvalue weighted by atomic mass is 16.5. The molecule has 29 heavy (non-hydrogen) atoms. The summed E-state index contributed by atoms with van der Waals surface area (Å²) in [6.45, 7) is 5.34. The number of rotatable bonds is 5. The van der Waals surface area contributed by atoms with Gasteiger partial charge in [0.05, 0.1) is 19.4 Å². The number of anilines is 1. The van der Waals surface area contributed by atoms with Gasteiger partial charge >= 0.3 is 0 Å². The Morgan fingerprint density at radius 3 is 3.07 bits per heavy atom. The van der Waals surface area contributed by atoms with Crippen molar-refractivity contribution in [3.05, 3.63) is 42.6 Å². The molecule has 2 N–H and O–H groups in total. The molecule has 150 valence electrons. The number of fused-ring (bicyclic) bond motifs is 2. The van der Waals surface area contributed by atoms with E-state index in [4.69, 9.17) is 19.6 Å². The van der Waals surface area contributed by atoms with Crippen molar-refractivity contribution in [3.63, 3.8) is 0 Å². The van der Waals surface area contributed by atoms with Gasteiger partial charge in [0.15, 0.2) is 11.4 Å². The highest BCUT2D eigenvalue weighted by Crippen LogP contribution is 2.35. The lowest BCUT2D eigenvalue weighted by Crippen LogP contribution is -2.43. The molecule has 0 saturated carbocycles. The maximum absolute atomic E-state index is 6.19. The average Bonchev–Trinajstić information content (AvgIpc) is 3.36. The van der Waals surface area contributed by atoms with Gasteiger partial charge in [-0.15, -0.1) is 5.10 Å². The Morgan fingerprint density at radius 1 is 1.28 bits per heavy atom. The van der Waals surface area contributed by atoms with Crippen LogP contribution in [0.15, 0.2) is 47.0 Å².